The number of ketones is 1. The van der Waals surface area contributed by atoms with Gasteiger partial charge in [0.25, 0.3) is 0 Å². The summed E-state index contributed by atoms with van der Waals surface area (Å²) in [5, 5.41) is 21.1. The van der Waals surface area contributed by atoms with Gasteiger partial charge in [-0.1, -0.05) is 33.8 Å². The molecule has 5 nitrogen and oxygen atoms in total. The second kappa shape index (κ2) is 6.62. The van der Waals surface area contributed by atoms with Gasteiger partial charge in [-0.2, -0.15) is 0 Å². The number of ether oxygens (including phenoxy) is 1. The van der Waals surface area contributed by atoms with Crippen LogP contribution in [0.5, 0.6) is 0 Å². The number of carbonyl (C=O) groups is 2. The molecule has 3 aliphatic carbocycles. The van der Waals surface area contributed by atoms with Crippen LogP contribution in [-0.2, 0) is 14.3 Å². The lowest BCUT2D eigenvalue weighted by Crippen LogP contribution is -2.32. The van der Waals surface area contributed by atoms with Crippen molar-refractivity contribution >= 4 is 11.8 Å². The number of allylic oxidation sites excluding steroid dienone is 4. The van der Waals surface area contributed by atoms with E-state index < -0.39 is 17.5 Å². The van der Waals surface area contributed by atoms with Crippen molar-refractivity contribution in [1.82, 2.24) is 0 Å². The molecular weight excluding hydrogens is 344 g/mol. The molecule has 0 radical (unpaired) electrons. The Morgan fingerprint density at radius 3 is 2.56 bits per heavy atom. The smallest absolute Gasteiger partial charge is 0.302 e. The molecule has 0 heterocycles. The number of hydrogen-bond donors (Lipinski definition) is 2. The Labute approximate surface area is 160 Å². The van der Waals surface area contributed by atoms with Crippen LogP contribution in [0.15, 0.2) is 34.1 Å². The first-order valence-corrected chi connectivity index (χ1v) is 9.76. The van der Waals surface area contributed by atoms with Crippen LogP contribution in [0.2, 0.25) is 0 Å². The van der Waals surface area contributed by atoms with Gasteiger partial charge in [0, 0.05) is 17.9 Å². The van der Waals surface area contributed by atoms with Crippen molar-refractivity contribution in [3.8, 4) is 0 Å². The van der Waals surface area contributed by atoms with Crippen molar-refractivity contribution < 1.29 is 24.5 Å². The molecule has 2 N–H and O–H groups in total. The Bertz CT molecular complexity index is 785. The zero-order valence-corrected chi connectivity index (χ0v) is 16.9. The summed E-state index contributed by atoms with van der Waals surface area (Å²) >= 11 is 0. The summed E-state index contributed by atoms with van der Waals surface area (Å²) in [7, 11) is 0. The van der Waals surface area contributed by atoms with E-state index in [0.29, 0.717) is 17.6 Å². The summed E-state index contributed by atoms with van der Waals surface area (Å²) in [5.41, 5.74) is 2.29. The van der Waals surface area contributed by atoms with E-state index in [2.05, 4.69) is 6.92 Å². The van der Waals surface area contributed by atoms with Crippen molar-refractivity contribution in [2.24, 2.45) is 16.7 Å². The van der Waals surface area contributed by atoms with Gasteiger partial charge in [0.1, 0.15) is 6.61 Å². The molecule has 0 aliphatic heterocycles. The van der Waals surface area contributed by atoms with Crippen molar-refractivity contribution in [3.63, 3.8) is 0 Å². The van der Waals surface area contributed by atoms with Gasteiger partial charge < -0.3 is 14.9 Å². The molecular formula is C22H30O5. The van der Waals surface area contributed by atoms with E-state index >= 15 is 0 Å². The molecule has 3 atom stereocenters. The summed E-state index contributed by atoms with van der Waals surface area (Å²) in [5.74, 6) is -0.768. The largest absolute Gasteiger partial charge is 0.504 e. The van der Waals surface area contributed by atoms with Crippen LogP contribution >= 0.6 is 0 Å². The van der Waals surface area contributed by atoms with Gasteiger partial charge in [-0.15, -0.1) is 0 Å². The minimum Gasteiger partial charge on any atom is -0.504 e. The van der Waals surface area contributed by atoms with Gasteiger partial charge in [0.05, 0.1) is 6.10 Å². The zero-order chi connectivity index (χ0) is 20.1. The van der Waals surface area contributed by atoms with Crippen LogP contribution < -0.4 is 0 Å². The molecule has 0 saturated carbocycles. The molecule has 0 bridgehead atoms. The minimum absolute atomic E-state index is 0.0343. The highest BCUT2D eigenvalue weighted by molar-refractivity contribution is 6.12. The molecule has 0 aromatic carbocycles. The van der Waals surface area contributed by atoms with E-state index in [4.69, 9.17) is 4.74 Å². The van der Waals surface area contributed by atoms with Gasteiger partial charge in [0.15, 0.2) is 5.76 Å². The fourth-order valence-electron chi connectivity index (χ4n) is 5.19. The van der Waals surface area contributed by atoms with Crippen LogP contribution in [0.1, 0.15) is 60.3 Å². The number of carbonyl (C=O) groups excluding carboxylic acids is 2. The van der Waals surface area contributed by atoms with Crippen molar-refractivity contribution in [3.05, 3.63) is 34.1 Å². The number of esters is 1. The fourth-order valence-corrected chi connectivity index (χ4v) is 5.19. The number of aliphatic hydroxyl groups excluding tert-OH is 2. The number of fused-ring (bicyclic) bond motifs is 2. The molecule has 0 spiro atoms. The Morgan fingerprint density at radius 2 is 1.96 bits per heavy atom. The van der Waals surface area contributed by atoms with E-state index in [1.165, 1.54) is 6.92 Å². The average Bonchev–Trinajstić information content (AvgIpc) is 2.68. The lowest BCUT2D eigenvalue weighted by atomic mass is 9.67. The normalized spacial score (nSPS) is 33.7. The fraction of sp³-hybridized carbons (Fsp3) is 0.636. The lowest BCUT2D eigenvalue weighted by Gasteiger charge is -2.39. The Hall–Kier alpha value is -1.88. The highest BCUT2D eigenvalue weighted by Gasteiger charge is 2.51. The minimum atomic E-state index is -0.684. The maximum atomic E-state index is 12.9. The second-order valence-corrected chi connectivity index (χ2v) is 8.97. The van der Waals surface area contributed by atoms with Gasteiger partial charge in [0.2, 0.25) is 5.78 Å². The predicted molar refractivity (Wildman–Crippen MR) is 102 cm³/mol. The molecule has 0 saturated heterocycles. The Morgan fingerprint density at radius 1 is 1.30 bits per heavy atom. The third-order valence-electron chi connectivity index (χ3n) is 6.75. The third kappa shape index (κ3) is 3.06. The summed E-state index contributed by atoms with van der Waals surface area (Å²) in [4.78, 5) is 24.2. The number of Topliss-reactive ketones (excluding diaryl/α,β-unsaturated/α-hetero) is 1. The number of rotatable bonds is 3. The SMILES string of the molecule is CC(=O)OCC1=C2C=C3C(=O)C(O)=C(C(C)C)C3(C)CCC2(C)CCC1O. The second-order valence-electron chi connectivity index (χ2n) is 8.97. The van der Waals surface area contributed by atoms with E-state index in [1.54, 1.807) is 0 Å². The Kier molecular flexibility index (Phi) is 4.87. The molecule has 3 rings (SSSR count). The first-order valence-electron chi connectivity index (χ1n) is 9.76. The van der Waals surface area contributed by atoms with Crippen LogP contribution in [0.3, 0.4) is 0 Å². The molecule has 3 aliphatic rings. The maximum Gasteiger partial charge on any atom is 0.302 e. The summed E-state index contributed by atoms with van der Waals surface area (Å²) in [6, 6.07) is 0. The predicted octanol–water partition coefficient (Wildman–Crippen LogP) is 3.78. The third-order valence-corrected chi connectivity index (χ3v) is 6.75. The molecule has 0 fully saturated rings. The molecule has 148 valence electrons. The molecule has 0 aromatic heterocycles. The highest BCUT2D eigenvalue weighted by Crippen LogP contribution is 2.57. The number of hydrogen-bond acceptors (Lipinski definition) is 5. The van der Waals surface area contributed by atoms with Crippen LogP contribution in [-0.4, -0.2) is 34.7 Å². The van der Waals surface area contributed by atoms with Crippen molar-refractivity contribution in [1.29, 1.82) is 0 Å². The first-order chi connectivity index (χ1) is 12.5. The maximum absolute atomic E-state index is 12.9. The average molecular weight is 374 g/mol. The van der Waals surface area contributed by atoms with E-state index in [0.717, 1.165) is 30.4 Å². The molecule has 27 heavy (non-hydrogen) atoms. The van der Waals surface area contributed by atoms with Crippen LogP contribution in [0.25, 0.3) is 0 Å². The molecule has 5 heteroatoms. The van der Waals surface area contributed by atoms with Crippen molar-refractivity contribution in [2.45, 2.75) is 66.4 Å². The molecule has 3 unspecified atom stereocenters. The van der Waals surface area contributed by atoms with Crippen LogP contribution in [0.4, 0.5) is 0 Å². The van der Waals surface area contributed by atoms with Gasteiger partial charge in [-0.05, 0) is 53.7 Å². The zero-order valence-electron chi connectivity index (χ0n) is 16.9. The van der Waals surface area contributed by atoms with Gasteiger partial charge in [-0.3, -0.25) is 9.59 Å². The lowest BCUT2D eigenvalue weighted by molar-refractivity contribution is -0.140. The Balaban J connectivity index is 2.18. The quantitative estimate of drug-likeness (QED) is 0.735. The van der Waals surface area contributed by atoms with Gasteiger partial charge in [-0.25, -0.2) is 0 Å². The van der Waals surface area contributed by atoms with E-state index in [1.807, 2.05) is 26.8 Å². The summed E-state index contributed by atoms with van der Waals surface area (Å²) < 4.78 is 5.20. The van der Waals surface area contributed by atoms with Crippen molar-refractivity contribution in [2.75, 3.05) is 6.61 Å². The monoisotopic (exact) mass is 374 g/mol. The topological polar surface area (TPSA) is 83.8 Å². The standard InChI is InChI=1S/C22H30O5/c1-12(2)18-20(26)19(25)16-10-15-14(11-27-13(3)23)17(24)6-7-21(15,4)8-9-22(16,18)5/h10,12,17,24,26H,6-9,11H2,1-5H3. The highest BCUT2D eigenvalue weighted by atomic mass is 16.5. The van der Waals surface area contributed by atoms with E-state index in [9.17, 15) is 19.8 Å². The van der Waals surface area contributed by atoms with Gasteiger partial charge >= 0.3 is 5.97 Å². The molecule has 0 aromatic rings. The summed E-state index contributed by atoms with van der Waals surface area (Å²) in [6.07, 6.45) is 4.22. The summed E-state index contributed by atoms with van der Waals surface area (Å²) in [6.45, 7) is 9.58. The molecule has 0 amide bonds. The van der Waals surface area contributed by atoms with Crippen LogP contribution in [0, 0.1) is 16.7 Å². The first kappa shape index (κ1) is 19.9. The van der Waals surface area contributed by atoms with E-state index in [-0.39, 0.29) is 29.5 Å². The number of aliphatic hydroxyl groups is 2.